The Morgan fingerprint density at radius 2 is 1.78 bits per heavy atom. The molecule has 0 N–H and O–H groups in total. The van der Waals surface area contributed by atoms with Gasteiger partial charge in [-0.25, -0.2) is 0 Å². The standard InChI is InChI=1S/C3H9FO3STe/c1-7-8(5,6)9(2,3)4/h1-3H3. The molecule has 0 aromatic rings. The van der Waals surface area contributed by atoms with E-state index in [0.29, 0.717) is 0 Å². The summed E-state index contributed by atoms with van der Waals surface area (Å²) in [6, 6.07) is 0. The molecule has 9 heavy (non-hydrogen) atoms. The molecule has 0 saturated heterocycles. The van der Waals surface area contributed by atoms with E-state index in [1.807, 2.05) is 0 Å². The van der Waals surface area contributed by atoms with E-state index >= 15 is 0 Å². The maximum atomic E-state index is 12.6. The first-order valence-electron chi connectivity index (χ1n) is 2.05. The van der Waals surface area contributed by atoms with E-state index in [2.05, 4.69) is 4.18 Å². The molecule has 0 rings (SSSR count). The summed E-state index contributed by atoms with van der Waals surface area (Å²) < 4.78 is 37.6. The third kappa shape index (κ3) is 2.38. The van der Waals surface area contributed by atoms with E-state index in [4.69, 9.17) is 0 Å². The van der Waals surface area contributed by atoms with Crippen molar-refractivity contribution in [2.45, 2.75) is 9.94 Å². The summed E-state index contributed by atoms with van der Waals surface area (Å²) >= 11 is -4.12. The summed E-state index contributed by atoms with van der Waals surface area (Å²) in [5.74, 6) is 0. The second-order valence-electron chi connectivity index (χ2n) is 1.69. The van der Waals surface area contributed by atoms with Crippen molar-refractivity contribution in [1.29, 1.82) is 0 Å². The Morgan fingerprint density at radius 1 is 1.44 bits per heavy atom. The molecule has 0 radical (unpaired) electrons. The van der Waals surface area contributed by atoms with Gasteiger partial charge in [0.15, 0.2) is 0 Å². The Balaban J connectivity index is 4.57. The molecule has 0 heterocycles. The summed E-state index contributed by atoms with van der Waals surface area (Å²) in [5.41, 5.74) is 0. The van der Waals surface area contributed by atoms with Crippen molar-refractivity contribution >= 4 is 24.7 Å². The van der Waals surface area contributed by atoms with Crippen molar-refractivity contribution in [1.82, 2.24) is 0 Å². The SMILES string of the molecule is COS(=O)(=O)[Te](C)(C)F. The van der Waals surface area contributed by atoms with Crippen LogP contribution in [0.25, 0.3) is 0 Å². The molecule has 0 amide bonds. The Kier molecular flexibility index (Phi) is 2.89. The quantitative estimate of drug-likeness (QED) is 0.692. The van der Waals surface area contributed by atoms with Crippen LogP contribution >= 0.6 is 0 Å². The van der Waals surface area contributed by atoms with Crippen LogP contribution in [0.3, 0.4) is 0 Å². The zero-order valence-corrected chi connectivity index (χ0v) is 8.57. The minimum atomic E-state index is -4.12. The van der Waals surface area contributed by atoms with Gasteiger partial charge in [-0.3, -0.25) is 0 Å². The van der Waals surface area contributed by atoms with Gasteiger partial charge >= 0.3 is 57.3 Å². The fourth-order valence-electron chi connectivity index (χ4n) is 0.162. The van der Waals surface area contributed by atoms with E-state index < -0.39 is 24.7 Å². The van der Waals surface area contributed by atoms with Gasteiger partial charge in [0, 0.05) is 0 Å². The molecule has 0 unspecified atom stereocenters. The summed E-state index contributed by atoms with van der Waals surface area (Å²) in [7, 11) is -2.84. The van der Waals surface area contributed by atoms with Gasteiger partial charge in [0.2, 0.25) is 0 Å². The first kappa shape index (κ1) is 9.63. The van der Waals surface area contributed by atoms with Crippen LogP contribution in [0.15, 0.2) is 0 Å². The number of hydrogen-bond acceptors (Lipinski definition) is 3. The molecule has 0 aromatic carbocycles. The van der Waals surface area contributed by atoms with E-state index in [-0.39, 0.29) is 0 Å². The van der Waals surface area contributed by atoms with Gasteiger partial charge in [-0.05, 0) is 0 Å². The van der Waals surface area contributed by atoms with E-state index in [0.717, 1.165) is 17.1 Å². The topological polar surface area (TPSA) is 43.4 Å². The molecular weight excluding hydrogens is 263 g/mol. The molecule has 0 aromatic heterocycles. The summed E-state index contributed by atoms with van der Waals surface area (Å²) in [5, 5.41) is 0. The molecule has 0 aliphatic rings. The van der Waals surface area contributed by atoms with Crippen molar-refractivity contribution in [2.24, 2.45) is 0 Å². The fourth-order valence-corrected chi connectivity index (χ4v) is 3.26. The van der Waals surface area contributed by atoms with Crippen LogP contribution in [0, 0.1) is 0 Å². The predicted molar refractivity (Wildman–Crippen MR) is 34.5 cm³/mol. The van der Waals surface area contributed by atoms with Gasteiger partial charge in [-0.2, -0.15) is 0 Å². The van der Waals surface area contributed by atoms with Crippen LogP contribution in [0.2, 0.25) is 9.94 Å². The average Bonchev–Trinajstić information content (AvgIpc) is 1.64. The molecule has 0 aliphatic heterocycles. The van der Waals surface area contributed by atoms with Gasteiger partial charge in [-0.15, -0.1) is 0 Å². The van der Waals surface area contributed by atoms with Gasteiger partial charge in [0.1, 0.15) is 0 Å². The van der Waals surface area contributed by atoms with Crippen molar-refractivity contribution in [3.63, 3.8) is 0 Å². The summed E-state index contributed by atoms with van der Waals surface area (Å²) in [6.07, 6.45) is 0. The summed E-state index contributed by atoms with van der Waals surface area (Å²) in [4.78, 5) is 2.22. The fraction of sp³-hybridized carbons (Fsp3) is 1.00. The van der Waals surface area contributed by atoms with Crippen LogP contribution in [0.1, 0.15) is 0 Å². The first-order chi connectivity index (χ1) is 3.81. The van der Waals surface area contributed by atoms with Crippen molar-refractivity contribution in [3.05, 3.63) is 0 Å². The molecule has 0 saturated carbocycles. The summed E-state index contributed by atoms with van der Waals surface area (Å²) in [6.45, 7) is 0. The third-order valence-electron chi connectivity index (χ3n) is 0.690. The average molecular weight is 272 g/mol. The van der Waals surface area contributed by atoms with Crippen LogP contribution < -0.4 is 0 Å². The molecule has 0 bridgehead atoms. The zero-order chi connectivity index (χ0) is 7.71. The van der Waals surface area contributed by atoms with Gasteiger partial charge in [0.05, 0.1) is 0 Å². The van der Waals surface area contributed by atoms with Crippen LogP contribution in [0.4, 0.5) is 2.89 Å². The van der Waals surface area contributed by atoms with Gasteiger partial charge in [-0.1, -0.05) is 0 Å². The number of halogens is 1. The van der Waals surface area contributed by atoms with E-state index in [1.165, 1.54) is 0 Å². The van der Waals surface area contributed by atoms with Crippen LogP contribution in [0.5, 0.6) is 0 Å². The minimum absolute atomic E-state index is 0.975. The van der Waals surface area contributed by atoms with Crippen LogP contribution in [-0.4, -0.2) is 32.9 Å². The Bertz CT molecular complexity index is 180. The van der Waals surface area contributed by atoms with Crippen molar-refractivity contribution < 1.29 is 15.5 Å². The zero-order valence-electron chi connectivity index (χ0n) is 5.42. The molecular formula is C3H9FO3STe. The third-order valence-corrected chi connectivity index (χ3v) is 11.5. The van der Waals surface area contributed by atoms with Crippen molar-refractivity contribution in [2.75, 3.05) is 7.11 Å². The molecule has 58 valence electrons. The molecule has 0 fully saturated rings. The Labute approximate surface area is 57.4 Å². The molecule has 0 atom stereocenters. The van der Waals surface area contributed by atoms with Gasteiger partial charge < -0.3 is 0 Å². The number of hydrogen-bond donors (Lipinski definition) is 0. The Hall–Kier alpha value is 0.630. The second-order valence-corrected chi connectivity index (χ2v) is 18.0. The normalized spacial score (nSPS) is 15.6. The van der Waals surface area contributed by atoms with E-state index in [1.54, 1.807) is 0 Å². The molecule has 3 nitrogen and oxygen atoms in total. The van der Waals surface area contributed by atoms with Gasteiger partial charge in [0.25, 0.3) is 0 Å². The predicted octanol–water partition coefficient (Wildman–Crippen LogP) is 0.634. The monoisotopic (exact) mass is 274 g/mol. The maximum absolute atomic E-state index is 12.6. The molecule has 0 spiro atoms. The number of rotatable bonds is 2. The second kappa shape index (κ2) is 2.70. The van der Waals surface area contributed by atoms with Crippen LogP contribution in [-0.2, 0) is 11.5 Å². The first-order valence-corrected chi connectivity index (χ1v) is 11.8. The molecule has 6 heteroatoms. The molecule has 0 aliphatic carbocycles. The Morgan fingerprint density at radius 3 is 1.78 bits per heavy atom. The van der Waals surface area contributed by atoms with Crippen molar-refractivity contribution in [3.8, 4) is 0 Å². The van der Waals surface area contributed by atoms with E-state index in [9.17, 15) is 11.3 Å².